The van der Waals surface area contributed by atoms with Crippen LogP contribution in [0.5, 0.6) is 0 Å². The van der Waals surface area contributed by atoms with Gasteiger partial charge in [0, 0.05) is 18.0 Å². The van der Waals surface area contributed by atoms with Crippen LogP contribution in [0.3, 0.4) is 0 Å². The third-order valence-electron chi connectivity index (χ3n) is 3.79. The normalized spacial score (nSPS) is 11.2. The van der Waals surface area contributed by atoms with Crippen molar-refractivity contribution in [2.45, 2.75) is 19.8 Å². The van der Waals surface area contributed by atoms with Gasteiger partial charge in [-0.2, -0.15) is 0 Å². The Kier molecular flexibility index (Phi) is 4.70. The Hall–Kier alpha value is -3.28. The standard InChI is InChI=1S/C19H17N3O3/c1-2-5-15-16(9-8-14-6-3-4-11-20-14)21-17-10-7-13(19(24)25)12-22(17)18(15)23/h3-4,6-12H,2,5H2,1H3,(H,24,25). The lowest BCUT2D eigenvalue weighted by Crippen LogP contribution is -2.22. The highest BCUT2D eigenvalue weighted by atomic mass is 16.4. The SMILES string of the molecule is CCCc1c(C=Cc2ccccn2)nc2ccc(C(=O)O)cn2c1=O. The topological polar surface area (TPSA) is 84.6 Å². The van der Waals surface area contributed by atoms with E-state index in [0.29, 0.717) is 23.3 Å². The average Bonchev–Trinajstić information content (AvgIpc) is 2.63. The zero-order valence-electron chi connectivity index (χ0n) is 13.7. The number of fused-ring (bicyclic) bond motifs is 1. The van der Waals surface area contributed by atoms with Gasteiger partial charge in [0.15, 0.2) is 0 Å². The van der Waals surface area contributed by atoms with Crippen LogP contribution in [0, 0.1) is 0 Å². The van der Waals surface area contributed by atoms with Gasteiger partial charge in [-0.15, -0.1) is 0 Å². The van der Waals surface area contributed by atoms with Gasteiger partial charge in [-0.05, 0) is 42.8 Å². The van der Waals surface area contributed by atoms with Gasteiger partial charge in [0.1, 0.15) is 5.65 Å². The molecular formula is C19H17N3O3. The van der Waals surface area contributed by atoms with Crippen molar-refractivity contribution in [3.8, 4) is 0 Å². The first-order valence-electron chi connectivity index (χ1n) is 7.98. The molecule has 0 fully saturated rings. The zero-order valence-corrected chi connectivity index (χ0v) is 13.7. The number of aromatic carboxylic acids is 1. The molecule has 0 amide bonds. The van der Waals surface area contributed by atoms with Crippen LogP contribution in [-0.2, 0) is 6.42 Å². The van der Waals surface area contributed by atoms with Crippen molar-refractivity contribution in [3.63, 3.8) is 0 Å². The van der Waals surface area contributed by atoms with Gasteiger partial charge in [0.05, 0.1) is 17.0 Å². The van der Waals surface area contributed by atoms with E-state index in [1.165, 1.54) is 16.7 Å². The number of rotatable bonds is 5. The molecule has 0 aliphatic heterocycles. The van der Waals surface area contributed by atoms with E-state index in [1.807, 2.05) is 31.2 Å². The number of carbonyl (C=O) groups is 1. The summed E-state index contributed by atoms with van der Waals surface area (Å²) < 4.78 is 1.30. The Balaban J connectivity index is 2.16. The van der Waals surface area contributed by atoms with Crippen molar-refractivity contribution in [1.29, 1.82) is 0 Å². The second-order valence-corrected chi connectivity index (χ2v) is 5.57. The van der Waals surface area contributed by atoms with Crippen LogP contribution in [0.25, 0.3) is 17.8 Å². The predicted octanol–water partition coefficient (Wildman–Crippen LogP) is 2.91. The van der Waals surface area contributed by atoms with E-state index in [-0.39, 0.29) is 11.1 Å². The van der Waals surface area contributed by atoms with E-state index in [2.05, 4.69) is 9.97 Å². The molecule has 1 N–H and O–H groups in total. The fourth-order valence-electron chi connectivity index (χ4n) is 2.58. The maximum atomic E-state index is 12.8. The van der Waals surface area contributed by atoms with Crippen LogP contribution in [0.4, 0.5) is 0 Å². The maximum absolute atomic E-state index is 12.8. The van der Waals surface area contributed by atoms with E-state index < -0.39 is 5.97 Å². The Morgan fingerprint density at radius 1 is 1.24 bits per heavy atom. The van der Waals surface area contributed by atoms with Crippen molar-refractivity contribution in [2.24, 2.45) is 0 Å². The first-order chi connectivity index (χ1) is 12.1. The number of carboxylic acids is 1. The summed E-state index contributed by atoms with van der Waals surface area (Å²) in [5.41, 5.74) is 2.14. The molecule has 126 valence electrons. The fourth-order valence-corrected chi connectivity index (χ4v) is 2.58. The lowest BCUT2D eigenvalue weighted by Gasteiger charge is -2.08. The summed E-state index contributed by atoms with van der Waals surface area (Å²) in [5.74, 6) is -1.08. The van der Waals surface area contributed by atoms with Gasteiger partial charge in [0.25, 0.3) is 5.56 Å². The highest BCUT2D eigenvalue weighted by molar-refractivity contribution is 5.87. The highest BCUT2D eigenvalue weighted by Crippen LogP contribution is 2.12. The molecule has 0 saturated heterocycles. The van der Waals surface area contributed by atoms with Crippen molar-refractivity contribution >= 4 is 23.8 Å². The minimum atomic E-state index is -1.08. The third kappa shape index (κ3) is 3.47. The Morgan fingerprint density at radius 2 is 2.08 bits per heavy atom. The third-order valence-corrected chi connectivity index (χ3v) is 3.79. The summed E-state index contributed by atoms with van der Waals surface area (Å²) in [6, 6.07) is 8.56. The van der Waals surface area contributed by atoms with Gasteiger partial charge in [-0.1, -0.05) is 19.4 Å². The summed E-state index contributed by atoms with van der Waals surface area (Å²) in [5, 5.41) is 9.12. The number of nitrogens with zero attached hydrogens (tertiary/aromatic N) is 3. The molecule has 0 aliphatic rings. The van der Waals surface area contributed by atoms with Crippen LogP contribution in [-0.4, -0.2) is 25.4 Å². The van der Waals surface area contributed by atoms with E-state index in [9.17, 15) is 9.59 Å². The van der Waals surface area contributed by atoms with Crippen LogP contribution in [0.15, 0.2) is 47.5 Å². The number of pyridine rings is 2. The molecule has 25 heavy (non-hydrogen) atoms. The molecule has 0 saturated carbocycles. The largest absolute Gasteiger partial charge is 0.478 e. The zero-order chi connectivity index (χ0) is 17.8. The molecule has 0 spiro atoms. The summed E-state index contributed by atoms with van der Waals surface area (Å²) >= 11 is 0. The molecular weight excluding hydrogens is 318 g/mol. The summed E-state index contributed by atoms with van der Waals surface area (Å²) in [4.78, 5) is 32.7. The molecule has 0 atom stereocenters. The minimum Gasteiger partial charge on any atom is -0.478 e. The molecule has 3 heterocycles. The summed E-state index contributed by atoms with van der Waals surface area (Å²) in [7, 11) is 0. The molecule has 0 aromatic carbocycles. The second-order valence-electron chi connectivity index (χ2n) is 5.57. The second kappa shape index (κ2) is 7.09. The van der Waals surface area contributed by atoms with E-state index >= 15 is 0 Å². The number of hydrogen-bond donors (Lipinski definition) is 1. The van der Waals surface area contributed by atoms with E-state index in [4.69, 9.17) is 5.11 Å². The molecule has 3 aromatic heterocycles. The van der Waals surface area contributed by atoms with Crippen molar-refractivity contribution in [3.05, 3.63) is 75.6 Å². The number of aromatic nitrogens is 3. The first kappa shape index (κ1) is 16.6. The maximum Gasteiger partial charge on any atom is 0.337 e. The predicted molar refractivity (Wildman–Crippen MR) is 95.6 cm³/mol. The fraction of sp³-hybridized carbons (Fsp3) is 0.158. The van der Waals surface area contributed by atoms with Gasteiger partial charge in [-0.25, -0.2) is 9.78 Å². The Bertz CT molecular complexity index is 1010. The quantitative estimate of drug-likeness (QED) is 0.775. The van der Waals surface area contributed by atoms with Gasteiger partial charge < -0.3 is 5.11 Å². The molecule has 3 rings (SSSR count). The average molecular weight is 335 g/mol. The number of carboxylic acid groups (broad SMARTS) is 1. The van der Waals surface area contributed by atoms with Crippen LogP contribution in [0.1, 0.15) is 40.7 Å². The molecule has 6 heteroatoms. The van der Waals surface area contributed by atoms with Crippen LogP contribution in [0.2, 0.25) is 0 Å². The van der Waals surface area contributed by atoms with Gasteiger partial charge in [0.2, 0.25) is 0 Å². The monoisotopic (exact) mass is 335 g/mol. The summed E-state index contributed by atoms with van der Waals surface area (Å²) in [6.45, 7) is 1.98. The van der Waals surface area contributed by atoms with Crippen molar-refractivity contribution in [1.82, 2.24) is 14.4 Å². The van der Waals surface area contributed by atoms with Gasteiger partial charge in [-0.3, -0.25) is 14.2 Å². The molecule has 0 bridgehead atoms. The van der Waals surface area contributed by atoms with Crippen LogP contribution < -0.4 is 5.56 Å². The lowest BCUT2D eigenvalue weighted by molar-refractivity contribution is 0.0696. The molecule has 0 unspecified atom stereocenters. The highest BCUT2D eigenvalue weighted by Gasteiger charge is 2.12. The van der Waals surface area contributed by atoms with Gasteiger partial charge >= 0.3 is 5.97 Å². The lowest BCUT2D eigenvalue weighted by atomic mass is 10.1. The van der Waals surface area contributed by atoms with E-state index in [0.717, 1.165) is 12.1 Å². The van der Waals surface area contributed by atoms with Crippen molar-refractivity contribution < 1.29 is 9.90 Å². The molecule has 6 nitrogen and oxygen atoms in total. The molecule has 3 aromatic rings. The number of hydrogen-bond acceptors (Lipinski definition) is 4. The minimum absolute atomic E-state index is 0.0515. The smallest absolute Gasteiger partial charge is 0.337 e. The Morgan fingerprint density at radius 3 is 2.76 bits per heavy atom. The van der Waals surface area contributed by atoms with E-state index in [1.54, 1.807) is 18.3 Å². The van der Waals surface area contributed by atoms with Crippen LogP contribution >= 0.6 is 0 Å². The molecule has 0 aliphatic carbocycles. The molecule has 0 radical (unpaired) electrons. The van der Waals surface area contributed by atoms with Crippen molar-refractivity contribution in [2.75, 3.05) is 0 Å². The summed E-state index contributed by atoms with van der Waals surface area (Å²) in [6.07, 6.45) is 7.95. The Labute approximate surface area is 144 Å². The first-order valence-corrected chi connectivity index (χ1v) is 7.98.